The Kier molecular flexibility index (Phi) is 4.79. The molecule has 0 aliphatic heterocycles. The fourth-order valence-electron chi connectivity index (χ4n) is 3.03. The van der Waals surface area contributed by atoms with Crippen molar-refractivity contribution in [1.82, 2.24) is 0 Å². The summed E-state index contributed by atoms with van der Waals surface area (Å²) >= 11 is 0. The Bertz CT molecular complexity index is 432. The van der Waals surface area contributed by atoms with Gasteiger partial charge in [-0.05, 0) is 42.2 Å². The van der Waals surface area contributed by atoms with Crippen LogP contribution in [0.5, 0.6) is 0 Å². The predicted molar refractivity (Wildman–Crippen MR) is 76.8 cm³/mol. The number of hydrogen-bond acceptors (Lipinski definition) is 1. The second-order valence-electron chi connectivity index (χ2n) is 6.48. The van der Waals surface area contributed by atoms with Crippen molar-refractivity contribution in [2.24, 2.45) is 11.8 Å². The molecule has 0 aromatic heterocycles. The Morgan fingerprint density at radius 3 is 2.50 bits per heavy atom. The topological polar surface area (TPSA) is 20.2 Å². The van der Waals surface area contributed by atoms with E-state index in [0.717, 1.165) is 12.0 Å². The highest BCUT2D eigenvalue weighted by Crippen LogP contribution is 2.41. The van der Waals surface area contributed by atoms with Gasteiger partial charge in [0.05, 0.1) is 6.10 Å². The van der Waals surface area contributed by atoms with Crippen LogP contribution in [0.1, 0.15) is 56.8 Å². The molecule has 1 nitrogen and oxygen atoms in total. The normalized spacial score (nSPS) is 21.1. The van der Waals surface area contributed by atoms with Gasteiger partial charge in [0.1, 0.15) is 0 Å². The van der Waals surface area contributed by atoms with Gasteiger partial charge in [0.2, 0.25) is 5.92 Å². The van der Waals surface area contributed by atoms with Crippen LogP contribution in [0, 0.1) is 11.8 Å². The SMILES string of the molecule is CC(C)Cc1cccc(C(O)C2CCC(F)(F)CC2)c1. The van der Waals surface area contributed by atoms with Crippen molar-refractivity contribution >= 4 is 0 Å². The smallest absolute Gasteiger partial charge is 0.248 e. The molecule has 0 amide bonds. The van der Waals surface area contributed by atoms with E-state index < -0.39 is 12.0 Å². The molecule has 0 saturated heterocycles. The molecule has 1 aliphatic rings. The van der Waals surface area contributed by atoms with Crippen molar-refractivity contribution in [2.75, 3.05) is 0 Å². The van der Waals surface area contributed by atoms with Crippen LogP contribution >= 0.6 is 0 Å². The van der Waals surface area contributed by atoms with E-state index in [-0.39, 0.29) is 18.8 Å². The third kappa shape index (κ3) is 4.02. The predicted octanol–water partition coefficient (Wildman–Crippen LogP) is 4.74. The largest absolute Gasteiger partial charge is 0.388 e. The van der Waals surface area contributed by atoms with Gasteiger partial charge in [-0.3, -0.25) is 0 Å². The summed E-state index contributed by atoms with van der Waals surface area (Å²) in [5, 5.41) is 10.4. The molecule has 3 heteroatoms. The molecule has 0 radical (unpaired) electrons. The van der Waals surface area contributed by atoms with Gasteiger partial charge in [-0.15, -0.1) is 0 Å². The van der Waals surface area contributed by atoms with Gasteiger partial charge in [0.25, 0.3) is 0 Å². The zero-order valence-corrected chi connectivity index (χ0v) is 12.3. The molecule has 20 heavy (non-hydrogen) atoms. The molecule has 112 valence electrons. The standard InChI is InChI=1S/C17H24F2O/c1-12(2)10-13-4-3-5-15(11-13)16(20)14-6-8-17(18,19)9-7-14/h3-5,11-12,14,16,20H,6-10H2,1-2H3. The Hall–Kier alpha value is -0.960. The lowest BCUT2D eigenvalue weighted by molar-refractivity contribution is -0.0627. The summed E-state index contributed by atoms with van der Waals surface area (Å²) in [6, 6.07) is 7.94. The molecule has 2 rings (SSSR count). The third-order valence-corrected chi connectivity index (χ3v) is 4.14. The minimum absolute atomic E-state index is 0.0380. The first-order chi connectivity index (χ1) is 9.37. The maximum absolute atomic E-state index is 13.2. The lowest BCUT2D eigenvalue weighted by atomic mass is 9.81. The number of halogens is 2. The van der Waals surface area contributed by atoms with Crippen molar-refractivity contribution in [3.8, 4) is 0 Å². The Morgan fingerprint density at radius 2 is 1.90 bits per heavy atom. The lowest BCUT2D eigenvalue weighted by Gasteiger charge is -2.31. The Morgan fingerprint density at radius 1 is 1.25 bits per heavy atom. The van der Waals surface area contributed by atoms with Gasteiger partial charge in [0, 0.05) is 12.8 Å². The van der Waals surface area contributed by atoms with Crippen LogP contribution in [0.3, 0.4) is 0 Å². The average molecular weight is 282 g/mol. The van der Waals surface area contributed by atoms with Crippen molar-refractivity contribution < 1.29 is 13.9 Å². The molecule has 1 atom stereocenters. The highest BCUT2D eigenvalue weighted by Gasteiger charge is 2.37. The van der Waals surface area contributed by atoms with E-state index in [9.17, 15) is 13.9 Å². The molecule has 1 aromatic rings. The number of benzene rings is 1. The van der Waals surface area contributed by atoms with Crippen LogP contribution in [-0.4, -0.2) is 11.0 Å². The maximum Gasteiger partial charge on any atom is 0.248 e. The Balaban J connectivity index is 2.04. The molecule has 1 fully saturated rings. The van der Waals surface area contributed by atoms with Crippen molar-refractivity contribution in [1.29, 1.82) is 0 Å². The summed E-state index contributed by atoms with van der Waals surface area (Å²) in [6.45, 7) is 4.32. The van der Waals surface area contributed by atoms with Crippen LogP contribution in [-0.2, 0) is 6.42 Å². The molecule has 0 bridgehead atoms. The zero-order valence-electron chi connectivity index (χ0n) is 12.3. The van der Waals surface area contributed by atoms with Gasteiger partial charge in [0.15, 0.2) is 0 Å². The molecular weight excluding hydrogens is 258 g/mol. The zero-order chi connectivity index (χ0) is 14.8. The van der Waals surface area contributed by atoms with Crippen molar-refractivity contribution in [2.45, 2.75) is 58.0 Å². The van der Waals surface area contributed by atoms with Crippen molar-refractivity contribution in [3.63, 3.8) is 0 Å². The van der Waals surface area contributed by atoms with E-state index >= 15 is 0 Å². The molecule has 0 heterocycles. The van der Waals surface area contributed by atoms with Gasteiger partial charge in [-0.2, -0.15) is 0 Å². The molecule has 1 N–H and O–H groups in total. The first-order valence-corrected chi connectivity index (χ1v) is 7.52. The number of aliphatic hydroxyl groups excluding tert-OH is 1. The van der Waals surface area contributed by atoms with Gasteiger partial charge < -0.3 is 5.11 Å². The molecule has 1 saturated carbocycles. The van der Waals surface area contributed by atoms with Gasteiger partial charge in [-0.1, -0.05) is 38.1 Å². The first kappa shape index (κ1) is 15.4. The quantitative estimate of drug-likeness (QED) is 0.845. The van der Waals surface area contributed by atoms with Crippen LogP contribution in [0.4, 0.5) is 8.78 Å². The van der Waals surface area contributed by atoms with E-state index in [2.05, 4.69) is 19.9 Å². The molecule has 1 unspecified atom stereocenters. The number of aliphatic hydroxyl groups is 1. The van der Waals surface area contributed by atoms with Crippen LogP contribution < -0.4 is 0 Å². The number of alkyl halides is 2. The number of hydrogen-bond donors (Lipinski definition) is 1. The second-order valence-corrected chi connectivity index (χ2v) is 6.48. The summed E-state index contributed by atoms with van der Waals surface area (Å²) in [4.78, 5) is 0. The molecular formula is C17H24F2O. The van der Waals surface area contributed by atoms with E-state index in [1.54, 1.807) is 0 Å². The fraction of sp³-hybridized carbons (Fsp3) is 0.647. The Labute approximate surface area is 120 Å². The summed E-state index contributed by atoms with van der Waals surface area (Å²) in [5.41, 5.74) is 2.08. The van der Waals surface area contributed by atoms with E-state index in [1.807, 2.05) is 18.2 Å². The summed E-state index contributed by atoms with van der Waals surface area (Å²) in [7, 11) is 0. The monoisotopic (exact) mass is 282 g/mol. The summed E-state index contributed by atoms with van der Waals surface area (Å²) in [6.07, 6.45) is 0.980. The van der Waals surface area contributed by atoms with E-state index in [0.29, 0.717) is 18.8 Å². The highest BCUT2D eigenvalue weighted by atomic mass is 19.3. The van der Waals surface area contributed by atoms with Crippen LogP contribution in [0.25, 0.3) is 0 Å². The van der Waals surface area contributed by atoms with Crippen LogP contribution in [0.2, 0.25) is 0 Å². The van der Waals surface area contributed by atoms with Crippen LogP contribution in [0.15, 0.2) is 24.3 Å². The van der Waals surface area contributed by atoms with E-state index in [4.69, 9.17) is 0 Å². The lowest BCUT2D eigenvalue weighted by Crippen LogP contribution is -2.27. The minimum atomic E-state index is -2.53. The van der Waals surface area contributed by atoms with Gasteiger partial charge >= 0.3 is 0 Å². The first-order valence-electron chi connectivity index (χ1n) is 7.52. The fourth-order valence-corrected chi connectivity index (χ4v) is 3.03. The highest BCUT2D eigenvalue weighted by molar-refractivity contribution is 5.26. The second kappa shape index (κ2) is 6.21. The molecule has 1 aromatic carbocycles. The third-order valence-electron chi connectivity index (χ3n) is 4.14. The average Bonchev–Trinajstić information content (AvgIpc) is 2.37. The number of rotatable bonds is 4. The molecule has 1 aliphatic carbocycles. The minimum Gasteiger partial charge on any atom is -0.388 e. The maximum atomic E-state index is 13.2. The van der Waals surface area contributed by atoms with Gasteiger partial charge in [-0.25, -0.2) is 8.78 Å². The van der Waals surface area contributed by atoms with Crippen molar-refractivity contribution in [3.05, 3.63) is 35.4 Å². The summed E-state index contributed by atoms with van der Waals surface area (Å²) in [5.74, 6) is -2.00. The molecule has 0 spiro atoms. The summed E-state index contributed by atoms with van der Waals surface area (Å²) < 4.78 is 26.3. The van der Waals surface area contributed by atoms with E-state index in [1.165, 1.54) is 5.56 Å².